The molecule has 2 aromatic carbocycles. The van der Waals surface area contributed by atoms with Crippen LogP contribution in [0.1, 0.15) is 17.5 Å². The van der Waals surface area contributed by atoms with E-state index in [0.717, 1.165) is 11.1 Å². The highest BCUT2D eigenvalue weighted by molar-refractivity contribution is 6.03. The van der Waals surface area contributed by atoms with E-state index in [1.54, 1.807) is 0 Å². The zero-order valence-corrected chi connectivity index (χ0v) is 14.6. The topological polar surface area (TPSA) is 92.6 Å². The molecule has 1 N–H and O–H groups in total. The zero-order valence-electron chi connectivity index (χ0n) is 14.6. The molecular weight excluding hydrogens is 334 g/mol. The highest BCUT2D eigenvalue weighted by Gasteiger charge is 2.35. The minimum absolute atomic E-state index is 0.0375. The number of aryl methyl sites for hydroxylation is 2. The number of carbonyl (C=O) groups excluding carboxylic acids is 2. The number of anilines is 2. The average molecular weight is 353 g/mol. The lowest BCUT2D eigenvalue weighted by Crippen LogP contribution is -2.28. The van der Waals surface area contributed by atoms with E-state index in [9.17, 15) is 19.7 Å². The lowest BCUT2D eigenvalue weighted by Gasteiger charge is -2.16. The van der Waals surface area contributed by atoms with Gasteiger partial charge in [-0.2, -0.15) is 0 Å². The van der Waals surface area contributed by atoms with Gasteiger partial charge < -0.3 is 10.2 Å². The molecule has 26 heavy (non-hydrogen) atoms. The van der Waals surface area contributed by atoms with Crippen molar-refractivity contribution in [1.29, 1.82) is 0 Å². The highest BCUT2D eigenvalue weighted by atomic mass is 16.6. The number of rotatable bonds is 4. The summed E-state index contributed by atoms with van der Waals surface area (Å²) in [5.74, 6) is -0.828. The number of hydrogen-bond acceptors (Lipinski definition) is 4. The molecular formula is C19H19N3O4. The second-order valence-electron chi connectivity index (χ2n) is 6.54. The molecule has 0 bridgehead atoms. The number of non-ortho nitro benzene ring substituents is 1. The van der Waals surface area contributed by atoms with Gasteiger partial charge in [0.2, 0.25) is 11.8 Å². The predicted molar refractivity (Wildman–Crippen MR) is 98.1 cm³/mol. The van der Waals surface area contributed by atoms with Gasteiger partial charge >= 0.3 is 0 Å². The third kappa shape index (κ3) is 3.72. The largest absolute Gasteiger partial charge is 0.326 e. The smallest absolute Gasteiger partial charge is 0.269 e. The lowest BCUT2D eigenvalue weighted by atomic mass is 10.1. The summed E-state index contributed by atoms with van der Waals surface area (Å²) in [6.45, 7) is 4.17. The second kappa shape index (κ2) is 6.95. The Morgan fingerprint density at radius 2 is 1.77 bits per heavy atom. The lowest BCUT2D eigenvalue weighted by molar-refractivity contribution is -0.384. The number of nitro groups is 1. The molecule has 0 aromatic heterocycles. The fraction of sp³-hybridized carbons (Fsp3) is 0.263. The molecule has 1 aliphatic heterocycles. The monoisotopic (exact) mass is 353 g/mol. The summed E-state index contributed by atoms with van der Waals surface area (Å²) in [7, 11) is 0. The fourth-order valence-corrected chi connectivity index (χ4v) is 3.18. The Morgan fingerprint density at radius 3 is 2.35 bits per heavy atom. The van der Waals surface area contributed by atoms with E-state index in [-0.39, 0.29) is 30.5 Å². The molecule has 0 saturated carbocycles. The summed E-state index contributed by atoms with van der Waals surface area (Å²) in [6.07, 6.45) is 0.119. The molecule has 1 saturated heterocycles. The van der Waals surface area contributed by atoms with Gasteiger partial charge in [-0.1, -0.05) is 6.07 Å². The second-order valence-corrected chi connectivity index (χ2v) is 6.54. The Morgan fingerprint density at radius 1 is 1.15 bits per heavy atom. The summed E-state index contributed by atoms with van der Waals surface area (Å²) >= 11 is 0. The number of carbonyl (C=O) groups is 2. The van der Waals surface area contributed by atoms with Crippen LogP contribution in [0.4, 0.5) is 17.1 Å². The van der Waals surface area contributed by atoms with Crippen LogP contribution in [0.5, 0.6) is 0 Å². The van der Waals surface area contributed by atoms with Gasteiger partial charge in [-0.3, -0.25) is 19.7 Å². The van der Waals surface area contributed by atoms with Crippen LogP contribution in [0.3, 0.4) is 0 Å². The van der Waals surface area contributed by atoms with E-state index in [2.05, 4.69) is 5.32 Å². The standard InChI is InChI=1S/C19H19N3O4/c1-12-7-13(2)9-15(8-12)20-19(24)14-10-18(23)21(11-14)16-3-5-17(6-4-16)22(25)26/h3-9,14H,10-11H2,1-2H3,(H,20,24)/t14-/m1/s1. The van der Waals surface area contributed by atoms with Crippen LogP contribution in [-0.4, -0.2) is 23.3 Å². The molecule has 2 amide bonds. The maximum Gasteiger partial charge on any atom is 0.269 e. The summed E-state index contributed by atoms with van der Waals surface area (Å²) in [5, 5.41) is 13.6. The molecule has 2 aromatic rings. The molecule has 0 unspecified atom stereocenters. The number of amides is 2. The van der Waals surface area contributed by atoms with Gasteiger partial charge in [0.05, 0.1) is 10.8 Å². The van der Waals surface area contributed by atoms with Crippen molar-refractivity contribution in [2.24, 2.45) is 5.92 Å². The van der Waals surface area contributed by atoms with Gasteiger partial charge in [-0.25, -0.2) is 0 Å². The van der Waals surface area contributed by atoms with Gasteiger partial charge in [0, 0.05) is 36.5 Å². The van der Waals surface area contributed by atoms with Crippen molar-refractivity contribution in [2.45, 2.75) is 20.3 Å². The van der Waals surface area contributed by atoms with Gasteiger partial charge in [-0.15, -0.1) is 0 Å². The molecule has 7 nitrogen and oxygen atoms in total. The van der Waals surface area contributed by atoms with Crippen LogP contribution in [0, 0.1) is 29.9 Å². The average Bonchev–Trinajstić information content (AvgIpc) is 2.96. The van der Waals surface area contributed by atoms with Gasteiger partial charge in [0.25, 0.3) is 5.69 Å². The van der Waals surface area contributed by atoms with Gasteiger partial charge in [0.1, 0.15) is 0 Å². The Bertz CT molecular complexity index is 857. The van der Waals surface area contributed by atoms with E-state index in [1.807, 2.05) is 32.0 Å². The molecule has 7 heteroatoms. The first-order valence-electron chi connectivity index (χ1n) is 8.27. The van der Waals surface area contributed by atoms with Crippen molar-refractivity contribution < 1.29 is 14.5 Å². The minimum Gasteiger partial charge on any atom is -0.326 e. The van der Waals surface area contributed by atoms with Crippen LogP contribution >= 0.6 is 0 Å². The normalized spacial score (nSPS) is 16.6. The number of hydrogen-bond donors (Lipinski definition) is 1. The van der Waals surface area contributed by atoms with Crippen molar-refractivity contribution in [3.63, 3.8) is 0 Å². The molecule has 1 fully saturated rings. The first-order valence-corrected chi connectivity index (χ1v) is 8.27. The number of benzene rings is 2. The van der Waals surface area contributed by atoms with Gasteiger partial charge in [-0.05, 0) is 49.2 Å². The molecule has 0 aliphatic carbocycles. The summed E-state index contributed by atoms with van der Waals surface area (Å²) < 4.78 is 0. The molecule has 0 radical (unpaired) electrons. The van der Waals surface area contributed by atoms with Crippen LogP contribution in [-0.2, 0) is 9.59 Å². The van der Waals surface area contributed by atoms with E-state index in [1.165, 1.54) is 29.2 Å². The van der Waals surface area contributed by atoms with Gasteiger partial charge in [0.15, 0.2) is 0 Å². The number of nitrogens with zero attached hydrogens (tertiary/aromatic N) is 2. The third-order valence-electron chi connectivity index (χ3n) is 4.36. The molecule has 1 heterocycles. The maximum atomic E-state index is 12.5. The van der Waals surface area contributed by atoms with Crippen molar-refractivity contribution >= 4 is 28.9 Å². The zero-order chi connectivity index (χ0) is 18.8. The summed E-state index contributed by atoms with van der Waals surface area (Å²) in [6, 6.07) is 11.5. The Labute approximate surface area is 150 Å². The van der Waals surface area contributed by atoms with Crippen LogP contribution in [0.25, 0.3) is 0 Å². The van der Waals surface area contributed by atoms with E-state index >= 15 is 0 Å². The minimum atomic E-state index is -0.490. The molecule has 3 rings (SSSR count). The van der Waals surface area contributed by atoms with E-state index in [0.29, 0.717) is 11.4 Å². The number of nitro benzene ring substituents is 1. The first-order chi connectivity index (χ1) is 12.3. The van der Waals surface area contributed by atoms with Crippen LogP contribution in [0.2, 0.25) is 0 Å². The van der Waals surface area contributed by atoms with Crippen molar-refractivity contribution in [3.8, 4) is 0 Å². The van der Waals surface area contributed by atoms with E-state index in [4.69, 9.17) is 0 Å². The molecule has 1 atom stereocenters. The molecule has 0 spiro atoms. The molecule has 134 valence electrons. The highest BCUT2D eigenvalue weighted by Crippen LogP contribution is 2.27. The Kier molecular flexibility index (Phi) is 4.71. The summed E-state index contributed by atoms with van der Waals surface area (Å²) in [5.41, 5.74) is 3.34. The predicted octanol–water partition coefficient (Wildman–Crippen LogP) is 3.20. The molecule has 1 aliphatic rings. The van der Waals surface area contributed by atoms with Crippen molar-refractivity contribution in [1.82, 2.24) is 0 Å². The SMILES string of the molecule is Cc1cc(C)cc(NC(=O)[C@@H]2CC(=O)N(c3ccc([N+](=O)[O-])cc3)C2)c1. The van der Waals surface area contributed by atoms with Crippen molar-refractivity contribution in [3.05, 3.63) is 63.7 Å². The summed E-state index contributed by atoms with van der Waals surface area (Å²) in [4.78, 5) is 36.5. The first kappa shape index (κ1) is 17.6. The van der Waals surface area contributed by atoms with Crippen LogP contribution < -0.4 is 10.2 Å². The maximum absolute atomic E-state index is 12.5. The van der Waals surface area contributed by atoms with Crippen LogP contribution in [0.15, 0.2) is 42.5 Å². The van der Waals surface area contributed by atoms with E-state index < -0.39 is 10.8 Å². The third-order valence-corrected chi connectivity index (χ3v) is 4.36. The Hall–Kier alpha value is -3.22. The van der Waals surface area contributed by atoms with Crippen molar-refractivity contribution in [2.75, 3.05) is 16.8 Å². The Balaban J connectivity index is 1.70. The quantitative estimate of drug-likeness (QED) is 0.675. The number of nitrogens with one attached hydrogen (secondary N) is 1. The fourth-order valence-electron chi connectivity index (χ4n) is 3.18.